The zero-order valence-electron chi connectivity index (χ0n) is 17.2. The van der Waals surface area contributed by atoms with E-state index in [4.69, 9.17) is 27.9 Å². The molecule has 5 nitrogen and oxygen atoms in total. The molecule has 1 saturated heterocycles. The van der Waals surface area contributed by atoms with Gasteiger partial charge in [0, 0.05) is 10.7 Å². The Hall–Kier alpha value is -2.67. The lowest BCUT2D eigenvalue weighted by atomic mass is 10.1. The first-order valence-electron chi connectivity index (χ1n) is 9.99. The largest absolute Gasteiger partial charge is 0.492 e. The van der Waals surface area contributed by atoms with Crippen LogP contribution in [0.5, 0.6) is 5.75 Å². The molecule has 1 atom stereocenters. The van der Waals surface area contributed by atoms with Gasteiger partial charge in [0.1, 0.15) is 11.1 Å². The van der Waals surface area contributed by atoms with Crippen molar-refractivity contribution in [3.8, 4) is 5.75 Å². The van der Waals surface area contributed by atoms with Crippen molar-refractivity contribution in [2.75, 3.05) is 22.6 Å². The fourth-order valence-corrected chi connectivity index (χ4v) is 5.13. The number of para-hydroxylation sites is 2. The molecule has 0 saturated carbocycles. The third-order valence-corrected chi connectivity index (χ3v) is 6.68. The van der Waals surface area contributed by atoms with Crippen molar-refractivity contribution in [2.24, 2.45) is 0 Å². The number of halogens is 2. The monoisotopic (exact) mass is 486 g/mol. The Morgan fingerprint density at radius 1 is 1.12 bits per heavy atom. The predicted octanol–water partition coefficient (Wildman–Crippen LogP) is 6.42. The predicted molar refractivity (Wildman–Crippen MR) is 131 cm³/mol. The van der Waals surface area contributed by atoms with E-state index in [9.17, 15) is 9.59 Å². The number of rotatable bonds is 6. The number of carbonyl (C=O) groups excluding carboxylic acids is 2. The van der Waals surface area contributed by atoms with Crippen LogP contribution < -0.4 is 15.0 Å². The second kappa shape index (κ2) is 9.86. The number of amides is 2. The van der Waals surface area contributed by atoms with Crippen LogP contribution in [0.25, 0.3) is 0 Å². The van der Waals surface area contributed by atoms with Gasteiger partial charge in [-0.15, -0.1) is 11.8 Å². The highest BCUT2D eigenvalue weighted by Gasteiger charge is 2.35. The van der Waals surface area contributed by atoms with E-state index in [1.54, 1.807) is 28.8 Å². The number of carbonyl (C=O) groups is 2. The average molecular weight is 487 g/mol. The summed E-state index contributed by atoms with van der Waals surface area (Å²) in [6.07, 6.45) is 0. The molecule has 4 rings (SSSR count). The molecule has 164 valence electrons. The van der Waals surface area contributed by atoms with E-state index >= 15 is 0 Å². The van der Waals surface area contributed by atoms with E-state index in [1.165, 1.54) is 6.07 Å². The van der Waals surface area contributed by atoms with Crippen LogP contribution in [-0.2, 0) is 4.79 Å². The maximum absolute atomic E-state index is 12.7. The third kappa shape index (κ3) is 4.72. The summed E-state index contributed by atoms with van der Waals surface area (Å²) >= 11 is 13.6. The molecule has 0 aromatic heterocycles. The lowest BCUT2D eigenvalue weighted by Crippen LogP contribution is -2.28. The topological polar surface area (TPSA) is 58.6 Å². The van der Waals surface area contributed by atoms with E-state index in [-0.39, 0.29) is 22.2 Å². The first-order chi connectivity index (χ1) is 15.5. The molecule has 32 heavy (non-hydrogen) atoms. The van der Waals surface area contributed by atoms with Crippen LogP contribution in [0.3, 0.4) is 0 Å². The van der Waals surface area contributed by atoms with Crippen LogP contribution in [0.15, 0.2) is 66.7 Å². The van der Waals surface area contributed by atoms with Gasteiger partial charge in [0.05, 0.1) is 28.6 Å². The molecule has 3 aromatic rings. The summed E-state index contributed by atoms with van der Waals surface area (Å²) in [7, 11) is 0. The SMILES string of the molecule is CCOc1ccccc1N1C(=O)CS[C@@H]1c1ccc(NC(=O)c2ccc(Cl)cc2Cl)cc1. The van der Waals surface area contributed by atoms with Gasteiger partial charge in [-0.05, 0) is 55.0 Å². The summed E-state index contributed by atoms with van der Waals surface area (Å²) in [4.78, 5) is 27.0. The summed E-state index contributed by atoms with van der Waals surface area (Å²) in [5.41, 5.74) is 2.68. The Kier molecular flexibility index (Phi) is 6.94. The first kappa shape index (κ1) is 22.5. The molecule has 1 N–H and O–H groups in total. The molecule has 2 amide bonds. The lowest BCUT2D eigenvalue weighted by molar-refractivity contribution is -0.115. The fourth-order valence-electron chi connectivity index (χ4n) is 3.47. The van der Waals surface area contributed by atoms with Gasteiger partial charge in [0.25, 0.3) is 5.91 Å². The van der Waals surface area contributed by atoms with Crippen molar-refractivity contribution >= 4 is 58.2 Å². The smallest absolute Gasteiger partial charge is 0.257 e. The number of nitrogens with one attached hydrogen (secondary N) is 1. The Morgan fingerprint density at radius 2 is 1.88 bits per heavy atom. The van der Waals surface area contributed by atoms with Gasteiger partial charge in [0.2, 0.25) is 5.91 Å². The molecule has 3 aromatic carbocycles. The summed E-state index contributed by atoms with van der Waals surface area (Å²) in [6, 6.07) is 19.7. The van der Waals surface area contributed by atoms with Crippen LogP contribution in [0, 0.1) is 0 Å². The Balaban J connectivity index is 1.54. The average Bonchev–Trinajstić information content (AvgIpc) is 3.16. The van der Waals surface area contributed by atoms with Crippen LogP contribution in [0.4, 0.5) is 11.4 Å². The van der Waals surface area contributed by atoms with Crippen molar-refractivity contribution in [1.82, 2.24) is 0 Å². The van der Waals surface area contributed by atoms with Crippen molar-refractivity contribution < 1.29 is 14.3 Å². The Morgan fingerprint density at radius 3 is 2.59 bits per heavy atom. The molecule has 1 aliphatic rings. The van der Waals surface area contributed by atoms with Gasteiger partial charge in [-0.3, -0.25) is 14.5 Å². The highest BCUT2D eigenvalue weighted by atomic mass is 35.5. The number of hydrogen-bond acceptors (Lipinski definition) is 4. The standard InChI is InChI=1S/C24H20Cl2N2O3S/c1-2-31-21-6-4-3-5-20(21)28-22(29)14-32-24(28)15-7-10-17(11-8-15)27-23(30)18-12-9-16(25)13-19(18)26/h3-13,24H,2,14H2,1H3,(H,27,30)/t24-/m1/s1. The van der Waals surface area contributed by atoms with Crippen LogP contribution in [0.2, 0.25) is 10.0 Å². The molecule has 0 radical (unpaired) electrons. The van der Waals surface area contributed by atoms with Crippen molar-refractivity contribution in [3.63, 3.8) is 0 Å². The summed E-state index contributed by atoms with van der Waals surface area (Å²) in [5.74, 6) is 0.775. The van der Waals surface area contributed by atoms with Gasteiger partial charge in [-0.1, -0.05) is 47.5 Å². The summed E-state index contributed by atoms with van der Waals surface area (Å²) in [6.45, 7) is 2.43. The number of nitrogens with zero attached hydrogens (tertiary/aromatic N) is 1. The highest BCUT2D eigenvalue weighted by Crippen LogP contribution is 2.44. The minimum absolute atomic E-state index is 0.0295. The number of benzene rings is 3. The number of anilines is 2. The molecule has 0 unspecified atom stereocenters. The maximum Gasteiger partial charge on any atom is 0.257 e. The third-order valence-electron chi connectivity index (χ3n) is 4.92. The number of thioether (sulfide) groups is 1. The van der Waals surface area contributed by atoms with Crippen molar-refractivity contribution in [3.05, 3.63) is 87.9 Å². The van der Waals surface area contributed by atoms with E-state index < -0.39 is 0 Å². The van der Waals surface area contributed by atoms with Gasteiger partial charge in [-0.25, -0.2) is 0 Å². The molecular formula is C24H20Cl2N2O3S. The zero-order chi connectivity index (χ0) is 22.7. The second-order valence-electron chi connectivity index (χ2n) is 7.03. The summed E-state index contributed by atoms with van der Waals surface area (Å²) in [5, 5.41) is 3.41. The first-order valence-corrected chi connectivity index (χ1v) is 11.8. The second-order valence-corrected chi connectivity index (χ2v) is 8.94. The fraction of sp³-hybridized carbons (Fsp3) is 0.167. The van der Waals surface area contributed by atoms with Crippen molar-refractivity contribution in [1.29, 1.82) is 0 Å². The van der Waals surface area contributed by atoms with E-state index in [1.807, 2.05) is 55.5 Å². The van der Waals surface area contributed by atoms with Gasteiger partial charge < -0.3 is 10.1 Å². The molecular weight excluding hydrogens is 467 g/mol. The Bertz CT molecular complexity index is 1150. The van der Waals surface area contributed by atoms with Gasteiger partial charge in [-0.2, -0.15) is 0 Å². The zero-order valence-corrected chi connectivity index (χ0v) is 19.5. The number of ether oxygens (including phenoxy) is 1. The Labute approximate surface area is 200 Å². The molecule has 8 heteroatoms. The highest BCUT2D eigenvalue weighted by molar-refractivity contribution is 8.00. The van der Waals surface area contributed by atoms with Gasteiger partial charge in [0.15, 0.2) is 0 Å². The molecule has 0 spiro atoms. The van der Waals surface area contributed by atoms with Crippen molar-refractivity contribution in [2.45, 2.75) is 12.3 Å². The molecule has 1 aliphatic heterocycles. The molecule has 0 aliphatic carbocycles. The maximum atomic E-state index is 12.7. The lowest BCUT2D eigenvalue weighted by Gasteiger charge is -2.26. The van der Waals surface area contributed by atoms with E-state index in [2.05, 4.69) is 5.32 Å². The van der Waals surface area contributed by atoms with E-state index in [0.717, 1.165) is 11.3 Å². The summed E-state index contributed by atoms with van der Waals surface area (Å²) < 4.78 is 5.73. The molecule has 1 fully saturated rings. The molecule has 1 heterocycles. The number of hydrogen-bond donors (Lipinski definition) is 1. The van der Waals surface area contributed by atoms with Crippen LogP contribution in [0.1, 0.15) is 28.2 Å². The molecule has 0 bridgehead atoms. The van der Waals surface area contributed by atoms with E-state index in [0.29, 0.717) is 34.4 Å². The van der Waals surface area contributed by atoms with Crippen LogP contribution >= 0.6 is 35.0 Å². The van der Waals surface area contributed by atoms with Crippen LogP contribution in [-0.4, -0.2) is 24.2 Å². The minimum atomic E-state index is -0.322. The minimum Gasteiger partial charge on any atom is -0.492 e. The normalized spacial score (nSPS) is 15.7. The van der Waals surface area contributed by atoms with Gasteiger partial charge >= 0.3 is 0 Å². The quantitative estimate of drug-likeness (QED) is 0.436.